The molecule has 0 radical (unpaired) electrons. The maximum atomic E-state index is 12.2. The lowest BCUT2D eigenvalue weighted by molar-refractivity contribution is -0.136. The van der Waals surface area contributed by atoms with Gasteiger partial charge in [0.1, 0.15) is 6.34 Å². The van der Waals surface area contributed by atoms with Gasteiger partial charge in [-0.25, -0.2) is 10.8 Å². The molecule has 0 atom stereocenters. The normalized spacial score (nSPS) is 10.8. The zero-order valence-corrected chi connectivity index (χ0v) is 13.8. The van der Waals surface area contributed by atoms with Crippen molar-refractivity contribution >= 4 is 29.5 Å². The van der Waals surface area contributed by atoms with Crippen LogP contribution in [0.15, 0.2) is 41.4 Å². The summed E-state index contributed by atoms with van der Waals surface area (Å²) >= 11 is 0. The van der Waals surface area contributed by atoms with E-state index in [9.17, 15) is 9.59 Å². The van der Waals surface area contributed by atoms with Gasteiger partial charge in [-0.15, -0.1) is 0 Å². The number of hydrazine groups is 1. The van der Waals surface area contributed by atoms with Gasteiger partial charge >= 0.3 is 5.97 Å². The Morgan fingerprint density at radius 2 is 2.04 bits per heavy atom. The number of aryl methyl sites for hydroxylation is 1. The summed E-state index contributed by atoms with van der Waals surface area (Å²) in [5, 5.41) is 8.84. The van der Waals surface area contributed by atoms with E-state index < -0.39 is 5.97 Å². The summed E-state index contributed by atoms with van der Waals surface area (Å²) in [6, 6.07) is 10.8. The number of nitrogens with zero attached hydrogens (tertiary/aromatic N) is 1. The lowest BCUT2D eigenvalue weighted by Crippen LogP contribution is -2.18. The van der Waals surface area contributed by atoms with Crippen LogP contribution in [0.1, 0.15) is 29.3 Å². The van der Waals surface area contributed by atoms with Crippen molar-refractivity contribution in [1.82, 2.24) is 5.43 Å². The maximum absolute atomic E-state index is 12.2. The van der Waals surface area contributed by atoms with Crippen LogP contribution in [-0.2, 0) is 11.2 Å². The zero-order chi connectivity index (χ0) is 18.4. The number of hydrogen-bond donors (Lipinski definition) is 4. The molecule has 0 saturated carbocycles. The van der Waals surface area contributed by atoms with E-state index in [0.29, 0.717) is 28.1 Å². The van der Waals surface area contributed by atoms with Crippen LogP contribution in [0.2, 0.25) is 0 Å². The SMILES string of the molecule is CC(=O)c1c(-c2cccc(N=CNN)c2)ccc(CCC(=O)O)c1N. The van der Waals surface area contributed by atoms with Gasteiger partial charge in [0.2, 0.25) is 0 Å². The molecule has 0 fully saturated rings. The standard InChI is InChI=1S/C18H20N4O3/c1-11(23)17-15(7-5-12(18(17)19)6-8-16(24)25)13-3-2-4-14(9-13)21-10-22-20/h2-5,7,9-10H,6,8,19-20H2,1H3,(H,21,22)(H,24,25). The smallest absolute Gasteiger partial charge is 0.303 e. The van der Waals surface area contributed by atoms with Crippen LogP contribution in [0.3, 0.4) is 0 Å². The molecule has 0 unspecified atom stereocenters. The number of aliphatic carboxylic acids is 1. The minimum Gasteiger partial charge on any atom is -0.481 e. The molecule has 25 heavy (non-hydrogen) atoms. The summed E-state index contributed by atoms with van der Waals surface area (Å²) in [5.74, 6) is 4.08. The van der Waals surface area contributed by atoms with Crippen molar-refractivity contribution < 1.29 is 14.7 Å². The van der Waals surface area contributed by atoms with Crippen LogP contribution in [0.5, 0.6) is 0 Å². The highest BCUT2D eigenvalue weighted by Gasteiger charge is 2.16. The molecule has 2 aromatic carbocycles. The fraction of sp³-hybridized carbons (Fsp3) is 0.167. The average Bonchev–Trinajstić information content (AvgIpc) is 2.58. The first kappa shape index (κ1) is 18.2. The molecule has 2 rings (SSSR count). The molecular weight excluding hydrogens is 320 g/mol. The summed E-state index contributed by atoms with van der Waals surface area (Å²) in [5.41, 5.74) is 12.0. The predicted octanol–water partition coefficient (Wildman–Crippen LogP) is 2.28. The molecule has 7 heteroatoms. The van der Waals surface area contributed by atoms with E-state index in [1.165, 1.54) is 13.3 Å². The number of carboxylic acids is 1. The Hall–Kier alpha value is -3.19. The monoisotopic (exact) mass is 340 g/mol. The van der Waals surface area contributed by atoms with Gasteiger partial charge in [0, 0.05) is 17.7 Å². The molecule has 6 N–H and O–H groups in total. The van der Waals surface area contributed by atoms with E-state index >= 15 is 0 Å². The lowest BCUT2D eigenvalue weighted by atomic mass is 9.92. The number of nitrogens with one attached hydrogen (secondary N) is 1. The predicted molar refractivity (Wildman–Crippen MR) is 97.7 cm³/mol. The highest BCUT2D eigenvalue weighted by molar-refractivity contribution is 6.06. The average molecular weight is 340 g/mol. The number of ketones is 1. The van der Waals surface area contributed by atoms with E-state index in [1.807, 2.05) is 18.2 Å². The second-order valence-corrected chi connectivity index (χ2v) is 5.49. The molecule has 0 aliphatic rings. The van der Waals surface area contributed by atoms with Crippen molar-refractivity contribution in [2.45, 2.75) is 19.8 Å². The topological polar surface area (TPSA) is 131 Å². The fourth-order valence-electron chi connectivity index (χ4n) is 2.61. The quantitative estimate of drug-likeness (QED) is 0.153. The van der Waals surface area contributed by atoms with Crippen LogP contribution >= 0.6 is 0 Å². The zero-order valence-electron chi connectivity index (χ0n) is 13.8. The lowest BCUT2D eigenvalue weighted by Gasteiger charge is -2.14. The molecule has 130 valence electrons. The second kappa shape index (κ2) is 8.07. The van der Waals surface area contributed by atoms with Gasteiger partial charge in [-0.2, -0.15) is 0 Å². The Labute approximate surface area is 145 Å². The van der Waals surface area contributed by atoms with Crippen molar-refractivity contribution in [2.75, 3.05) is 5.73 Å². The number of carbonyl (C=O) groups excluding carboxylic acids is 1. The Morgan fingerprint density at radius 3 is 2.68 bits per heavy atom. The van der Waals surface area contributed by atoms with Gasteiger partial charge in [-0.3, -0.25) is 9.59 Å². The van der Waals surface area contributed by atoms with E-state index in [-0.39, 0.29) is 18.6 Å². The van der Waals surface area contributed by atoms with Crippen molar-refractivity contribution in [3.63, 3.8) is 0 Å². The summed E-state index contributed by atoms with van der Waals surface area (Å²) in [6.45, 7) is 1.44. The first-order valence-corrected chi connectivity index (χ1v) is 7.67. The molecule has 0 aromatic heterocycles. The molecule has 2 aromatic rings. The van der Waals surface area contributed by atoms with E-state index in [4.69, 9.17) is 16.7 Å². The van der Waals surface area contributed by atoms with Crippen molar-refractivity contribution in [2.24, 2.45) is 10.8 Å². The number of nitrogens with two attached hydrogens (primary N) is 2. The van der Waals surface area contributed by atoms with Gasteiger partial charge in [0.15, 0.2) is 5.78 Å². The van der Waals surface area contributed by atoms with Crippen molar-refractivity contribution in [3.8, 4) is 11.1 Å². The first-order chi connectivity index (χ1) is 11.9. The fourth-order valence-corrected chi connectivity index (χ4v) is 2.61. The molecule has 0 bridgehead atoms. The van der Waals surface area contributed by atoms with Crippen LogP contribution in [0.25, 0.3) is 11.1 Å². The summed E-state index contributed by atoms with van der Waals surface area (Å²) in [6.07, 6.45) is 1.58. The van der Waals surface area contributed by atoms with Gasteiger partial charge in [0.25, 0.3) is 0 Å². The number of Topliss-reactive ketones (excluding diaryl/α,β-unsaturated/α-hetero) is 1. The number of carboxylic acid groups (broad SMARTS) is 1. The number of hydrogen-bond acceptors (Lipinski definition) is 5. The third-order valence-corrected chi connectivity index (χ3v) is 3.74. The van der Waals surface area contributed by atoms with Crippen LogP contribution in [0.4, 0.5) is 11.4 Å². The van der Waals surface area contributed by atoms with Gasteiger partial charge in [0.05, 0.1) is 5.69 Å². The van der Waals surface area contributed by atoms with Crippen LogP contribution in [-0.4, -0.2) is 23.2 Å². The third-order valence-electron chi connectivity index (χ3n) is 3.74. The van der Waals surface area contributed by atoms with Gasteiger partial charge in [-0.1, -0.05) is 24.3 Å². The molecule has 0 spiro atoms. The largest absolute Gasteiger partial charge is 0.481 e. The summed E-state index contributed by atoms with van der Waals surface area (Å²) in [7, 11) is 0. The Balaban J connectivity index is 2.51. The third kappa shape index (κ3) is 4.42. The number of aliphatic imine (C=N–C) groups is 1. The number of carbonyl (C=O) groups is 2. The molecule has 0 saturated heterocycles. The van der Waals surface area contributed by atoms with Gasteiger partial charge in [-0.05, 0) is 42.2 Å². The maximum Gasteiger partial charge on any atom is 0.303 e. The van der Waals surface area contributed by atoms with Crippen LogP contribution in [0, 0.1) is 0 Å². The minimum absolute atomic E-state index is 0.0445. The van der Waals surface area contributed by atoms with E-state index in [2.05, 4.69) is 10.4 Å². The Kier molecular flexibility index (Phi) is 5.86. The number of benzene rings is 2. The van der Waals surface area contributed by atoms with Crippen molar-refractivity contribution in [1.29, 1.82) is 0 Å². The summed E-state index contributed by atoms with van der Waals surface area (Å²) < 4.78 is 0. The number of rotatable bonds is 7. The van der Waals surface area contributed by atoms with E-state index in [0.717, 1.165) is 5.56 Å². The highest BCUT2D eigenvalue weighted by Crippen LogP contribution is 2.33. The Bertz CT molecular complexity index is 831. The van der Waals surface area contributed by atoms with Crippen molar-refractivity contribution in [3.05, 3.63) is 47.5 Å². The number of nitrogen functional groups attached to an aromatic ring is 1. The van der Waals surface area contributed by atoms with Gasteiger partial charge < -0.3 is 16.3 Å². The molecule has 0 aliphatic carbocycles. The van der Waals surface area contributed by atoms with Crippen LogP contribution < -0.4 is 17.0 Å². The second-order valence-electron chi connectivity index (χ2n) is 5.49. The Morgan fingerprint density at radius 1 is 1.28 bits per heavy atom. The minimum atomic E-state index is -0.910. The first-order valence-electron chi connectivity index (χ1n) is 7.67. The number of anilines is 1. The molecule has 0 aliphatic heterocycles. The molecule has 0 heterocycles. The molecular formula is C18H20N4O3. The molecule has 0 amide bonds. The highest BCUT2D eigenvalue weighted by atomic mass is 16.4. The molecule has 7 nitrogen and oxygen atoms in total. The summed E-state index contributed by atoms with van der Waals surface area (Å²) in [4.78, 5) is 27.1. The van der Waals surface area contributed by atoms with E-state index in [1.54, 1.807) is 18.2 Å².